The largest absolute Gasteiger partial charge is 0.416 e. The summed E-state index contributed by atoms with van der Waals surface area (Å²) in [4.78, 5) is 11.3. The molecule has 2 rings (SSSR count). The Balaban J connectivity index is 0.000000502. The van der Waals surface area contributed by atoms with Gasteiger partial charge in [-0.15, -0.1) is 6.58 Å². The van der Waals surface area contributed by atoms with Crippen molar-refractivity contribution in [3.8, 4) is 0 Å². The minimum Gasteiger partial charge on any atom is -0.352 e. The maximum atomic E-state index is 12.6. The van der Waals surface area contributed by atoms with Crippen molar-refractivity contribution in [2.45, 2.75) is 31.7 Å². The summed E-state index contributed by atoms with van der Waals surface area (Å²) in [7, 11) is 0. The van der Waals surface area contributed by atoms with Crippen molar-refractivity contribution in [3.05, 3.63) is 83.7 Å². The molecule has 2 aromatic rings. The number of nitrogens with one attached hydrogen (secondary N) is 1. The predicted octanol–water partition coefficient (Wildman–Crippen LogP) is 6.13. The molecule has 0 bridgehead atoms. The average molecular weight is 421 g/mol. The third kappa shape index (κ3) is 9.27. The molecule has 0 heterocycles. The molecule has 0 saturated carbocycles. The summed E-state index contributed by atoms with van der Waals surface area (Å²) in [5, 5.41) is 2.27. The number of carbonyl (C=O) groups excluding carboxylic acids is 1. The van der Waals surface area contributed by atoms with E-state index in [1.807, 2.05) is 0 Å². The van der Waals surface area contributed by atoms with Crippen molar-refractivity contribution in [2.75, 3.05) is 0 Å². The van der Waals surface area contributed by atoms with Gasteiger partial charge >= 0.3 is 12.4 Å². The van der Waals surface area contributed by atoms with E-state index < -0.39 is 35.9 Å². The Morgan fingerprint density at radius 2 is 1.45 bits per heavy atom. The molecule has 1 amide bonds. The van der Waals surface area contributed by atoms with Crippen LogP contribution in [0.4, 0.5) is 30.7 Å². The van der Waals surface area contributed by atoms with Gasteiger partial charge in [0.1, 0.15) is 5.82 Å². The van der Waals surface area contributed by atoms with Crippen molar-refractivity contribution in [2.24, 2.45) is 0 Å². The van der Waals surface area contributed by atoms with E-state index in [2.05, 4.69) is 11.9 Å². The van der Waals surface area contributed by atoms with Gasteiger partial charge < -0.3 is 5.32 Å². The van der Waals surface area contributed by atoms with Gasteiger partial charge in [0.15, 0.2) is 0 Å². The van der Waals surface area contributed by atoms with Crippen LogP contribution >= 0.6 is 0 Å². The summed E-state index contributed by atoms with van der Waals surface area (Å²) in [5.41, 5.74) is -3.08. The molecule has 0 aliphatic carbocycles. The van der Waals surface area contributed by atoms with E-state index in [9.17, 15) is 35.5 Å². The van der Waals surface area contributed by atoms with Crippen LogP contribution in [-0.4, -0.2) is 5.91 Å². The van der Waals surface area contributed by atoms with Crippen LogP contribution in [0.15, 0.2) is 61.2 Å². The van der Waals surface area contributed by atoms with Crippen molar-refractivity contribution < 1.29 is 35.5 Å². The molecule has 2 nitrogen and oxygen atoms in total. The molecule has 29 heavy (non-hydrogen) atoms. The van der Waals surface area contributed by atoms with Crippen LogP contribution in [0.2, 0.25) is 0 Å². The SMILES string of the molecule is C=CCCC(=O)NCc1cc(C(F)(F)F)cc(C(F)(F)F)c1.Fc1ccccc1. The Labute approximate surface area is 163 Å². The molecule has 0 spiro atoms. The van der Waals surface area contributed by atoms with E-state index in [0.717, 1.165) is 0 Å². The Morgan fingerprint density at radius 3 is 1.83 bits per heavy atom. The van der Waals surface area contributed by atoms with E-state index in [4.69, 9.17) is 0 Å². The maximum Gasteiger partial charge on any atom is 0.416 e. The van der Waals surface area contributed by atoms with Crippen LogP contribution in [-0.2, 0) is 23.7 Å². The van der Waals surface area contributed by atoms with E-state index in [1.165, 1.54) is 18.2 Å². The highest BCUT2D eigenvalue weighted by atomic mass is 19.4. The molecule has 0 aliphatic rings. The number of hydrogen-bond donors (Lipinski definition) is 1. The Bertz CT molecular complexity index is 766. The van der Waals surface area contributed by atoms with Gasteiger partial charge in [0.25, 0.3) is 0 Å². The highest BCUT2D eigenvalue weighted by Gasteiger charge is 2.36. The third-order valence-corrected chi connectivity index (χ3v) is 3.45. The molecule has 0 fully saturated rings. The first kappa shape index (κ1) is 24.2. The molecule has 158 valence electrons. The van der Waals surface area contributed by atoms with Crippen molar-refractivity contribution in [1.82, 2.24) is 5.32 Å². The first-order chi connectivity index (χ1) is 13.4. The minimum atomic E-state index is -4.90. The quantitative estimate of drug-likeness (QED) is 0.457. The van der Waals surface area contributed by atoms with Gasteiger partial charge in [0, 0.05) is 13.0 Å². The third-order valence-electron chi connectivity index (χ3n) is 3.45. The van der Waals surface area contributed by atoms with E-state index in [0.29, 0.717) is 18.6 Å². The number of amides is 1. The monoisotopic (exact) mass is 421 g/mol. The zero-order valence-electron chi connectivity index (χ0n) is 15.1. The maximum absolute atomic E-state index is 12.6. The fourth-order valence-electron chi connectivity index (χ4n) is 2.06. The highest BCUT2D eigenvalue weighted by molar-refractivity contribution is 5.76. The standard InChI is InChI=1S/C14H13F6NO.C6H5F/c1-2-3-4-12(22)21-8-9-5-10(13(15,16)17)7-11(6-9)14(18,19)20;7-6-4-2-1-3-5-6/h2,5-7H,1,3-4,8H2,(H,21,22);1-5H. The highest BCUT2D eigenvalue weighted by Crippen LogP contribution is 2.36. The molecule has 0 saturated heterocycles. The van der Waals surface area contributed by atoms with Gasteiger partial charge in [-0.25, -0.2) is 4.39 Å². The topological polar surface area (TPSA) is 29.1 Å². The lowest BCUT2D eigenvalue weighted by Gasteiger charge is -2.14. The summed E-state index contributed by atoms with van der Waals surface area (Å²) in [6, 6.07) is 9.16. The lowest BCUT2D eigenvalue weighted by molar-refractivity contribution is -0.143. The van der Waals surface area contributed by atoms with Gasteiger partial charge in [0.2, 0.25) is 5.91 Å². The van der Waals surface area contributed by atoms with Gasteiger partial charge in [0.05, 0.1) is 11.1 Å². The van der Waals surface area contributed by atoms with E-state index in [1.54, 1.807) is 18.2 Å². The molecule has 1 N–H and O–H groups in total. The fourth-order valence-corrected chi connectivity index (χ4v) is 2.06. The molecular formula is C20H18F7NO. The molecule has 9 heteroatoms. The number of benzene rings is 2. The molecule has 0 aromatic heterocycles. The van der Waals surface area contributed by atoms with Gasteiger partial charge in [-0.3, -0.25) is 4.79 Å². The second-order valence-electron chi connectivity index (χ2n) is 5.81. The zero-order valence-corrected chi connectivity index (χ0v) is 15.1. The molecule has 0 unspecified atom stereocenters. The van der Waals surface area contributed by atoms with Crippen LogP contribution in [0.1, 0.15) is 29.5 Å². The number of alkyl halides is 6. The van der Waals surface area contributed by atoms with Crippen LogP contribution in [0, 0.1) is 5.82 Å². The first-order valence-electron chi connectivity index (χ1n) is 8.30. The number of rotatable bonds is 5. The second-order valence-corrected chi connectivity index (χ2v) is 5.81. The predicted molar refractivity (Wildman–Crippen MR) is 94.1 cm³/mol. The normalized spacial score (nSPS) is 11.3. The zero-order chi connectivity index (χ0) is 22.1. The van der Waals surface area contributed by atoms with Crippen LogP contribution in [0.3, 0.4) is 0 Å². The number of hydrogen-bond acceptors (Lipinski definition) is 1. The Kier molecular flexibility index (Phi) is 8.87. The van der Waals surface area contributed by atoms with Crippen LogP contribution in [0.5, 0.6) is 0 Å². The summed E-state index contributed by atoms with van der Waals surface area (Å²) in [5.74, 6) is -0.659. The smallest absolute Gasteiger partial charge is 0.352 e. The lowest BCUT2D eigenvalue weighted by atomic mass is 10.0. The lowest BCUT2D eigenvalue weighted by Crippen LogP contribution is -2.23. The summed E-state index contributed by atoms with van der Waals surface area (Å²) >= 11 is 0. The Hall–Kier alpha value is -2.84. The van der Waals surface area contributed by atoms with Gasteiger partial charge in [-0.05, 0) is 42.3 Å². The van der Waals surface area contributed by atoms with Gasteiger partial charge in [-0.2, -0.15) is 26.3 Å². The molecule has 0 aliphatic heterocycles. The molecule has 0 radical (unpaired) electrons. The number of halogens is 7. The summed E-state index contributed by atoms with van der Waals surface area (Å²) in [6.45, 7) is 2.98. The van der Waals surface area contributed by atoms with Crippen molar-refractivity contribution >= 4 is 5.91 Å². The average Bonchev–Trinajstić information content (AvgIpc) is 2.64. The minimum absolute atomic E-state index is 0.0447. The first-order valence-corrected chi connectivity index (χ1v) is 8.30. The fraction of sp³-hybridized carbons (Fsp3) is 0.250. The van der Waals surface area contributed by atoms with Gasteiger partial charge in [-0.1, -0.05) is 24.3 Å². The Morgan fingerprint density at radius 1 is 0.931 bits per heavy atom. The summed E-state index contributed by atoms with van der Waals surface area (Å²) in [6.07, 6.45) is -7.89. The van der Waals surface area contributed by atoms with Crippen LogP contribution in [0.25, 0.3) is 0 Å². The molecule has 2 aromatic carbocycles. The number of carbonyl (C=O) groups is 1. The second kappa shape index (κ2) is 10.6. The number of allylic oxidation sites excluding steroid dienone is 1. The molecule has 0 atom stereocenters. The van der Waals surface area contributed by atoms with E-state index >= 15 is 0 Å². The van der Waals surface area contributed by atoms with Crippen molar-refractivity contribution in [3.63, 3.8) is 0 Å². The van der Waals surface area contributed by atoms with E-state index in [-0.39, 0.29) is 23.9 Å². The summed E-state index contributed by atoms with van der Waals surface area (Å²) < 4.78 is 87.7. The molecular weight excluding hydrogens is 403 g/mol. The van der Waals surface area contributed by atoms with Crippen LogP contribution < -0.4 is 5.32 Å². The van der Waals surface area contributed by atoms with Crippen molar-refractivity contribution in [1.29, 1.82) is 0 Å².